The van der Waals surface area contributed by atoms with Gasteiger partial charge < -0.3 is 9.92 Å². The first-order chi connectivity index (χ1) is 6.05. The monoisotopic (exact) mass is 207 g/mol. The number of para-hydroxylation sites is 2. The highest BCUT2D eigenvalue weighted by atomic mass is 32.3. The van der Waals surface area contributed by atoms with Gasteiger partial charge in [-0.05, 0) is 21.0 Å². The number of anilines is 1. The second-order valence-corrected chi connectivity index (χ2v) is 3.20. The number of benzene rings is 1. The van der Waals surface area contributed by atoms with Crippen LogP contribution in [0.2, 0.25) is 0 Å². The molecule has 0 fully saturated rings. The van der Waals surface area contributed by atoms with Crippen LogP contribution in [-0.2, 0) is 14.8 Å². The molecule has 0 saturated carbocycles. The summed E-state index contributed by atoms with van der Waals surface area (Å²) in [5.74, 6) is -0.180. The zero-order chi connectivity index (χ0) is 9.90. The van der Waals surface area contributed by atoms with E-state index < -0.39 is 10.4 Å². The topological polar surface area (TPSA) is 78.6 Å². The Hall–Kier alpha value is -1.34. The number of hydrogen-bond acceptors (Lipinski definition) is 5. The van der Waals surface area contributed by atoms with Gasteiger partial charge >= 0.3 is 10.4 Å². The maximum absolute atomic E-state index is 11.3. The van der Waals surface area contributed by atoms with Crippen molar-refractivity contribution in [2.24, 2.45) is 0 Å². The molecule has 0 aliphatic rings. The minimum absolute atomic E-state index is 0.0723. The number of rotatable bonds is 3. The average molecular weight is 207 g/mol. The molecule has 0 bridgehead atoms. The smallest absolute Gasteiger partial charge is 0.396 e. The van der Waals surface area contributed by atoms with Gasteiger partial charge in [0.15, 0.2) is 5.75 Å². The van der Waals surface area contributed by atoms with Gasteiger partial charge in [0, 0.05) is 0 Å². The van der Waals surface area contributed by atoms with Gasteiger partial charge in [0.25, 0.3) is 0 Å². The van der Waals surface area contributed by atoms with Crippen LogP contribution in [0.4, 0.5) is 10.2 Å². The van der Waals surface area contributed by atoms with Crippen molar-refractivity contribution in [3.8, 4) is 5.75 Å². The van der Waals surface area contributed by atoms with Crippen molar-refractivity contribution in [1.29, 1.82) is 0 Å². The predicted molar refractivity (Wildman–Crippen MR) is 42.6 cm³/mol. The van der Waals surface area contributed by atoms with Crippen molar-refractivity contribution in [2.45, 2.75) is 0 Å². The van der Waals surface area contributed by atoms with E-state index in [2.05, 4.69) is 8.57 Å². The van der Waals surface area contributed by atoms with E-state index in [9.17, 15) is 12.9 Å². The number of nitrogen functional groups attached to an aromatic ring is 1. The fourth-order valence-corrected chi connectivity index (χ4v) is 1.08. The molecular formula is C6H6FNO4S. The quantitative estimate of drug-likeness (QED) is 0.741. The van der Waals surface area contributed by atoms with Crippen LogP contribution in [0.15, 0.2) is 24.3 Å². The number of hydrogen-bond donors (Lipinski definition) is 1. The molecule has 1 rings (SSSR count). The Bertz CT molecular complexity index is 391. The lowest BCUT2D eigenvalue weighted by molar-refractivity contribution is -0.00942. The van der Waals surface area contributed by atoms with Gasteiger partial charge in [-0.3, -0.25) is 0 Å². The van der Waals surface area contributed by atoms with Crippen LogP contribution >= 0.6 is 0 Å². The van der Waals surface area contributed by atoms with Crippen LogP contribution in [0.25, 0.3) is 0 Å². The van der Waals surface area contributed by atoms with E-state index in [-0.39, 0.29) is 11.4 Å². The summed E-state index contributed by atoms with van der Waals surface area (Å²) in [6, 6.07) is 5.74. The van der Waals surface area contributed by atoms with E-state index >= 15 is 0 Å². The second-order valence-electron chi connectivity index (χ2n) is 2.09. The van der Waals surface area contributed by atoms with Gasteiger partial charge in [0.2, 0.25) is 0 Å². The first-order valence-electron chi connectivity index (χ1n) is 3.14. The summed E-state index contributed by atoms with van der Waals surface area (Å²) >= 11 is 0. The molecule has 0 radical (unpaired) electrons. The minimum atomic E-state index is -4.64. The summed E-state index contributed by atoms with van der Waals surface area (Å²) in [5.41, 5.74) is 5.39. The van der Waals surface area contributed by atoms with Gasteiger partial charge in [-0.15, -0.1) is 0 Å². The Morgan fingerprint density at radius 2 is 1.92 bits per heavy atom. The van der Waals surface area contributed by atoms with Crippen LogP contribution in [0.3, 0.4) is 0 Å². The zero-order valence-corrected chi connectivity index (χ0v) is 7.12. The van der Waals surface area contributed by atoms with E-state index in [1.807, 2.05) is 0 Å². The molecule has 0 amide bonds. The Morgan fingerprint density at radius 1 is 1.31 bits per heavy atom. The summed E-state index contributed by atoms with van der Waals surface area (Å²) in [4.78, 5) is 0. The lowest BCUT2D eigenvalue weighted by Crippen LogP contribution is -2.09. The normalized spacial score (nSPS) is 11.2. The molecule has 13 heavy (non-hydrogen) atoms. The van der Waals surface area contributed by atoms with E-state index in [1.54, 1.807) is 6.07 Å². The summed E-state index contributed by atoms with van der Waals surface area (Å²) < 4.78 is 38.9. The van der Waals surface area contributed by atoms with Gasteiger partial charge in [-0.1, -0.05) is 12.1 Å². The summed E-state index contributed by atoms with van der Waals surface area (Å²) in [6.07, 6.45) is 0. The minimum Gasteiger partial charge on any atom is -0.396 e. The Labute approximate surface area is 74.1 Å². The van der Waals surface area contributed by atoms with Crippen LogP contribution in [0, 0.1) is 0 Å². The largest absolute Gasteiger partial charge is 0.480 e. The molecule has 5 nitrogen and oxygen atoms in total. The summed E-state index contributed by atoms with van der Waals surface area (Å²) in [6.45, 7) is 0. The maximum Gasteiger partial charge on any atom is 0.480 e. The van der Waals surface area contributed by atoms with Crippen LogP contribution in [0.5, 0.6) is 5.75 Å². The zero-order valence-electron chi connectivity index (χ0n) is 6.31. The van der Waals surface area contributed by atoms with Crippen molar-refractivity contribution in [1.82, 2.24) is 0 Å². The second kappa shape index (κ2) is 3.58. The highest BCUT2D eigenvalue weighted by molar-refractivity contribution is 7.82. The Morgan fingerprint density at radius 3 is 2.46 bits per heavy atom. The Kier molecular flexibility index (Phi) is 2.69. The highest BCUT2D eigenvalue weighted by Gasteiger charge is 2.15. The van der Waals surface area contributed by atoms with Gasteiger partial charge in [-0.25, -0.2) is 0 Å². The molecular weight excluding hydrogens is 201 g/mol. The van der Waals surface area contributed by atoms with Gasteiger partial charge in [0.05, 0.1) is 5.69 Å². The van der Waals surface area contributed by atoms with Crippen molar-refractivity contribution in [3.63, 3.8) is 0 Å². The highest BCUT2D eigenvalue weighted by Crippen LogP contribution is 2.21. The third kappa shape index (κ3) is 2.56. The molecule has 7 heteroatoms. The molecule has 0 saturated heterocycles. The van der Waals surface area contributed by atoms with Crippen molar-refractivity contribution >= 4 is 16.1 Å². The molecule has 0 heterocycles. The molecule has 0 spiro atoms. The molecule has 0 aliphatic carbocycles. The standard InChI is InChI=1S/C6H6FNO4S/c7-12-13(9,10)11-6-4-2-1-3-5(6)8/h1-4H,8H2. The lowest BCUT2D eigenvalue weighted by Gasteiger charge is -2.03. The third-order valence-corrected chi connectivity index (χ3v) is 1.73. The van der Waals surface area contributed by atoms with Gasteiger partial charge in [0.1, 0.15) is 0 Å². The van der Waals surface area contributed by atoms with Crippen molar-refractivity contribution in [3.05, 3.63) is 24.3 Å². The molecule has 0 unspecified atom stereocenters. The van der Waals surface area contributed by atoms with Crippen LogP contribution in [-0.4, -0.2) is 8.42 Å². The Balaban J connectivity index is 2.93. The number of nitrogens with two attached hydrogens (primary N) is 1. The predicted octanol–water partition coefficient (Wildman–Crippen LogP) is 0.794. The maximum atomic E-state index is 11.3. The number of halogens is 1. The molecule has 0 aliphatic heterocycles. The third-order valence-electron chi connectivity index (χ3n) is 1.19. The molecule has 0 atom stereocenters. The van der Waals surface area contributed by atoms with Gasteiger partial charge in [-0.2, -0.15) is 8.42 Å². The fraction of sp³-hybridized carbons (Fsp3) is 0. The first kappa shape index (κ1) is 9.75. The van der Waals surface area contributed by atoms with E-state index in [1.165, 1.54) is 18.2 Å². The van der Waals surface area contributed by atoms with E-state index in [4.69, 9.17) is 5.73 Å². The van der Waals surface area contributed by atoms with Crippen LogP contribution < -0.4 is 9.92 Å². The molecule has 1 aromatic carbocycles. The van der Waals surface area contributed by atoms with E-state index in [0.717, 1.165) is 0 Å². The first-order valence-corrected chi connectivity index (χ1v) is 4.47. The van der Waals surface area contributed by atoms with Crippen molar-refractivity contribution < 1.29 is 21.5 Å². The summed E-state index contributed by atoms with van der Waals surface area (Å²) in [5, 5.41) is 0. The average Bonchev–Trinajstić information content (AvgIpc) is 2.09. The van der Waals surface area contributed by atoms with Crippen molar-refractivity contribution in [2.75, 3.05) is 5.73 Å². The lowest BCUT2D eigenvalue weighted by atomic mass is 10.3. The molecule has 2 N–H and O–H groups in total. The molecule has 0 aromatic heterocycles. The molecule has 1 aromatic rings. The summed E-state index contributed by atoms with van der Waals surface area (Å²) in [7, 11) is -4.64. The van der Waals surface area contributed by atoms with Crippen LogP contribution in [0.1, 0.15) is 0 Å². The fourth-order valence-electron chi connectivity index (χ4n) is 0.679. The SMILES string of the molecule is Nc1ccccc1OS(=O)(=O)OF. The molecule has 72 valence electrons. The van der Waals surface area contributed by atoms with E-state index in [0.29, 0.717) is 0 Å².